The molecule has 0 unspecified atom stereocenters. The van der Waals surface area contributed by atoms with E-state index in [9.17, 15) is 4.79 Å². The van der Waals surface area contributed by atoms with E-state index in [0.29, 0.717) is 12.3 Å². The number of amides is 1. The van der Waals surface area contributed by atoms with Gasteiger partial charge >= 0.3 is 0 Å². The van der Waals surface area contributed by atoms with Crippen LogP contribution in [0.1, 0.15) is 25.7 Å². The SMILES string of the molecule is O=C(CCC1CCOCC1)Nn1cnnc1. The first-order valence-corrected chi connectivity index (χ1v) is 5.57. The molecule has 0 aromatic carbocycles. The van der Waals surface area contributed by atoms with Crippen LogP contribution in [0.15, 0.2) is 12.7 Å². The van der Waals surface area contributed by atoms with E-state index in [1.165, 1.54) is 17.3 Å². The van der Waals surface area contributed by atoms with Gasteiger partial charge in [0.25, 0.3) is 0 Å². The van der Waals surface area contributed by atoms with Crippen LogP contribution in [0.2, 0.25) is 0 Å². The Labute approximate surface area is 94.0 Å². The van der Waals surface area contributed by atoms with Crippen LogP contribution in [0.25, 0.3) is 0 Å². The highest BCUT2D eigenvalue weighted by Crippen LogP contribution is 2.19. The quantitative estimate of drug-likeness (QED) is 0.811. The van der Waals surface area contributed by atoms with Gasteiger partial charge in [-0.3, -0.25) is 10.2 Å². The van der Waals surface area contributed by atoms with Crippen LogP contribution in [0.4, 0.5) is 0 Å². The first-order chi connectivity index (χ1) is 7.84. The molecule has 16 heavy (non-hydrogen) atoms. The molecule has 1 fully saturated rings. The lowest BCUT2D eigenvalue weighted by Gasteiger charge is -2.21. The molecule has 0 radical (unpaired) electrons. The molecule has 1 aromatic rings. The van der Waals surface area contributed by atoms with Crippen LogP contribution in [-0.2, 0) is 9.53 Å². The molecule has 0 saturated carbocycles. The van der Waals surface area contributed by atoms with E-state index in [-0.39, 0.29) is 5.91 Å². The van der Waals surface area contributed by atoms with Gasteiger partial charge in [0.15, 0.2) is 0 Å². The van der Waals surface area contributed by atoms with Crippen molar-refractivity contribution in [3.8, 4) is 0 Å². The molecule has 2 rings (SSSR count). The average molecular weight is 224 g/mol. The van der Waals surface area contributed by atoms with E-state index < -0.39 is 0 Å². The number of nitrogens with zero attached hydrogens (tertiary/aromatic N) is 3. The summed E-state index contributed by atoms with van der Waals surface area (Å²) in [5, 5.41) is 7.21. The van der Waals surface area contributed by atoms with E-state index in [1.807, 2.05) is 0 Å². The van der Waals surface area contributed by atoms with Crippen molar-refractivity contribution >= 4 is 5.91 Å². The second-order valence-electron chi connectivity index (χ2n) is 4.00. The van der Waals surface area contributed by atoms with Gasteiger partial charge in [-0.2, -0.15) is 0 Å². The van der Waals surface area contributed by atoms with Gasteiger partial charge < -0.3 is 4.74 Å². The lowest BCUT2D eigenvalue weighted by atomic mass is 9.95. The van der Waals surface area contributed by atoms with Crippen LogP contribution in [-0.4, -0.2) is 34.0 Å². The zero-order chi connectivity index (χ0) is 11.2. The molecule has 1 amide bonds. The maximum atomic E-state index is 11.5. The Morgan fingerprint density at radius 3 is 2.75 bits per heavy atom. The lowest BCUT2D eigenvalue weighted by molar-refractivity contribution is -0.117. The molecule has 0 aliphatic carbocycles. The van der Waals surface area contributed by atoms with Gasteiger partial charge in [0.2, 0.25) is 5.91 Å². The Balaban J connectivity index is 1.67. The average Bonchev–Trinajstić information content (AvgIpc) is 2.81. The molecular weight excluding hydrogens is 208 g/mol. The maximum Gasteiger partial charge on any atom is 0.238 e. The molecule has 1 aromatic heterocycles. The highest BCUT2D eigenvalue weighted by atomic mass is 16.5. The summed E-state index contributed by atoms with van der Waals surface area (Å²) in [6.07, 6.45) is 6.54. The summed E-state index contributed by atoms with van der Waals surface area (Å²) in [6, 6.07) is 0. The molecule has 2 heterocycles. The standard InChI is InChI=1S/C10H16N4O2/c15-10(13-14-7-11-12-8-14)2-1-9-3-5-16-6-4-9/h7-9H,1-6H2,(H,13,15). The smallest absolute Gasteiger partial charge is 0.238 e. The van der Waals surface area contributed by atoms with Crippen LogP contribution in [0.3, 0.4) is 0 Å². The van der Waals surface area contributed by atoms with Crippen molar-refractivity contribution < 1.29 is 9.53 Å². The van der Waals surface area contributed by atoms with Gasteiger partial charge in [-0.1, -0.05) is 0 Å². The molecule has 1 N–H and O–H groups in total. The van der Waals surface area contributed by atoms with Crippen LogP contribution < -0.4 is 5.43 Å². The highest BCUT2D eigenvalue weighted by molar-refractivity contribution is 5.83. The second kappa shape index (κ2) is 5.60. The number of hydrogen-bond donors (Lipinski definition) is 1. The van der Waals surface area contributed by atoms with Crippen molar-refractivity contribution in [2.24, 2.45) is 5.92 Å². The summed E-state index contributed by atoms with van der Waals surface area (Å²) in [5.74, 6) is 0.631. The second-order valence-corrected chi connectivity index (χ2v) is 4.00. The molecule has 6 nitrogen and oxygen atoms in total. The van der Waals surface area contributed by atoms with Gasteiger partial charge in [-0.05, 0) is 25.2 Å². The van der Waals surface area contributed by atoms with E-state index in [4.69, 9.17) is 4.74 Å². The highest BCUT2D eigenvalue weighted by Gasteiger charge is 2.15. The summed E-state index contributed by atoms with van der Waals surface area (Å²) >= 11 is 0. The first-order valence-electron chi connectivity index (χ1n) is 5.57. The molecular formula is C10H16N4O2. The van der Waals surface area contributed by atoms with Gasteiger partial charge in [-0.15, -0.1) is 10.2 Å². The lowest BCUT2D eigenvalue weighted by Crippen LogP contribution is -2.23. The molecule has 1 aliphatic rings. The van der Waals surface area contributed by atoms with Gasteiger partial charge in [0.05, 0.1) is 0 Å². The Hall–Kier alpha value is -1.43. The number of hydrogen-bond acceptors (Lipinski definition) is 4. The third-order valence-electron chi connectivity index (χ3n) is 2.79. The number of carbonyl (C=O) groups is 1. The van der Waals surface area contributed by atoms with Crippen LogP contribution in [0, 0.1) is 5.92 Å². The zero-order valence-electron chi connectivity index (χ0n) is 9.13. The molecule has 1 saturated heterocycles. The summed E-state index contributed by atoms with van der Waals surface area (Å²) in [5.41, 5.74) is 2.68. The van der Waals surface area contributed by atoms with Crippen LogP contribution >= 0.6 is 0 Å². The predicted molar refractivity (Wildman–Crippen MR) is 57.2 cm³/mol. The summed E-state index contributed by atoms with van der Waals surface area (Å²) in [7, 11) is 0. The zero-order valence-corrected chi connectivity index (χ0v) is 9.13. The number of ether oxygens (including phenoxy) is 1. The van der Waals surface area contributed by atoms with Crippen molar-refractivity contribution in [1.82, 2.24) is 14.9 Å². The third kappa shape index (κ3) is 3.30. The topological polar surface area (TPSA) is 69.0 Å². The summed E-state index contributed by atoms with van der Waals surface area (Å²) in [6.45, 7) is 1.66. The van der Waals surface area contributed by atoms with Crippen molar-refractivity contribution in [2.75, 3.05) is 18.6 Å². The van der Waals surface area contributed by atoms with E-state index >= 15 is 0 Å². The first kappa shape index (κ1) is 11.1. The van der Waals surface area contributed by atoms with E-state index in [0.717, 1.165) is 32.5 Å². The fourth-order valence-corrected chi connectivity index (χ4v) is 1.83. The molecule has 0 spiro atoms. The fraction of sp³-hybridized carbons (Fsp3) is 0.700. The minimum Gasteiger partial charge on any atom is -0.381 e. The fourth-order valence-electron chi connectivity index (χ4n) is 1.83. The monoisotopic (exact) mass is 224 g/mol. The van der Waals surface area contributed by atoms with Gasteiger partial charge in [-0.25, -0.2) is 4.68 Å². The van der Waals surface area contributed by atoms with E-state index in [1.54, 1.807) is 0 Å². The van der Waals surface area contributed by atoms with Crippen molar-refractivity contribution in [3.63, 3.8) is 0 Å². The third-order valence-corrected chi connectivity index (χ3v) is 2.79. The van der Waals surface area contributed by atoms with E-state index in [2.05, 4.69) is 15.6 Å². The minimum absolute atomic E-state index is 0.00583. The molecule has 6 heteroatoms. The summed E-state index contributed by atoms with van der Waals surface area (Å²) in [4.78, 5) is 11.5. The maximum absolute atomic E-state index is 11.5. The molecule has 0 bridgehead atoms. The normalized spacial score (nSPS) is 17.2. The summed E-state index contributed by atoms with van der Waals surface area (Å²) < 4.78 is 6.74. The number of carbonyl (C=O) groups excluding carboxylic acids is 1. The molecule has 1 aliphatic heterocycles. The van der Waals surface area contributed by atoms with Crippen LogP contribution in [0.5, 0.6) is 0 Å². The molecule has 0 atom stereocenters. The Kier molecular flexibility index (Phi) is 3.87. The van der Waals surface area contributed by atoms with Crippen molar-refractivity contribution in [3.05, 3.63) is 12.7 Å². The van der Waals surface area contributed by atoms with Gasteiger partial charge in [0, 0.05) is 19.6 Å². The Morgan fingerprint density at radius 1 is 1.38 bits per heavy atom. The molecule has 88 valence electrons. The van der Waals surface area contributed by atoms with Gasteiger partial charge in [0.1, 0.15) is 12.7 Å². The predicted octanol–water partition coefficient (Wildman–Crippen LogP) is 0.555. The Morgan fingerprint density at radius 2 is 2.06 bits per heavy atom. The minimum atomic E-state index is 0.00583. The Bertz CT molecular complexity index is 320. The number of nitrogens with one attached hydrogen (secondary N) is 1. The largest absolute Gasteiger partial charge is 0.381 e. The van der Waals surface area contributed by atoms with Crippen molar-refractivity contribution in [2.45, 2.75) is 25.7 Å². The van der Waals surface area contributed by atoms with Crippen molar-refractivity contribution in [1.29, 1.82) is 0 Å². The number of aromatic nitrogens is 3. The number of rotatable bonds is 4.